The van der Waals surface area contributed by atoms with Crippen LogP contribution in [-0.4, -0.2) is 37.8 Å². The van der Waals surface area contributed by atoms with E-state index >= 15 is 0 Å². The van der Waals surface area contributed by atoms with E-state index in [1.807, 2.05) is 42.3 Å². The van der Waals surface area contributed by atoms with Crippen molar-refractivity contribution in [2.45, 2.75) is 30.7 Å². The third-order valence-electron chi connectivity index (χ3n) is 4.93. The summed E-state index contributed by atoms with van der Waals surface area (Å²) in [6.45, 7) is 1.74. The van der Waals surface area contributed by atoms with Crippen LogP contribution in [0.15, 0.2) is 58.0 Å². The van der Waals surface area contributed by atoms with Gasteiger partial charge in [-0.15, -0.1) is 0 Å². The molecule has 1 saturated heterocycles. The summed E-state index contributed by atoms with van der Waals surface area (Å²) in [7, 11) is -1.54. The fourth-order valence-electron chi connectivity index (χ4n) is 3.43. The standard InChI is InChI=1S/C20H23N3O3S/c1-22(15-17-13-16-7-3-4-8-19(16)26-17)20-10-9-18(14-21-20)27(24,25)23-11-5-2-6-12-23/h3-4,7-10,13-14H,2,5-6,11-12,15H2,1H3. The first-order valence-corrected chi connectivity index (χ1v) is 10.6. The lowest BCUT2D eigenvalue weighted by Gasteiger charge is -2.26. The summed E-state index contributed by atoms with van der Waals surface area (Å²) in [6.07, 6.45) is 4.39. The van der Waals surface area contributed by atoms with Gasteiger partial charge in [-0.1, -0.05) is 24.6 Å². The Morgan fingerprint density at radius 2 is 1.89 bits per heavy atom. The van der Waals surface area contributed by atoms with E-state index in [9.17, 15) is 8.42 Å². The lowest BCUT2D eigenvalue weighted by molar-refractivity contribution is 0.346. The van der Waals surface area contributed by atoms with E-state index in [1.165, 1.54) is 6.20 Å². The van der Waals surface area contributed by atoms with E-state index in [2.05, 4.69) is 4.98 Å². The molecule has 0 atom stereocenters. The maximum absolute atomic E-state index is 12.7. The number of para-hydroxylation sites is 1. The van der Waals surface area contributed by atoms with Gasteiger partial charge < -0.3 is 9.32 Å². The molecule has 2 aromatic heterocycles. The van der Waals surface area contributed by atoms with Gasteiger partial charge in [0.2, 0.25) is 10.0 Å². The number of pyridine rings is 1. The third-order valence-corrected chi connectivity index (χ3v) is 6.82. The molecule has 6 nitrogen and oxygen atoms in total. The zero-order valence-electron chi connectivity index (χ0n) is 15.3. The summed E-state index contributed by atoms with van der Waals surface area (Å²) < 4.78 is 32.8. The van der Waals surface area contributed by atoms with Crippen LogP contribution >= 0.6 is 0 Å². The largest absolute Gasteiger partial charge is 0.459 e. The Kier molecular flexibility index (Phi) is 4.88. The topological polar surface area (TPSA) is 66.7 Å². The number of piperidine rings is 1. The number of rotatable bonds is 5. The first kappa shape index (κ1) is 18.0. The van der Waals surface area contributed by atoms with Gasteiger partial charge in [-0.2, -0.15) is 4.31 Å². The van der Waals surface area contributed by atoms with Crippen molar-refractivity contribution >= 4 is 26.8 Å². The van der Waals surface area contributed by atoms with Crippen molar-refractivity contribution in [3.63, 3.8) is 0 Å². The van der Waals surface area contributed by atoms with Crippen LogP contribution in [-0.2, 0) is 16.6 Å². The third kappa shape index (κ3) is 3.70. The lowest BCUT2D eigenvalue weighted by atomic mass is 10.2. The molecule has 0 N–H and O–H groups in total. The van der Waals surface area contributed by atoms with Crippen molar-refractivity contribution < 1.29 is 12.8 Å². The average molecular weight is 385 g/mol. The van der Waals surface area contributed by atoms with Crippen molar-refractivity contribution in [3.8, 4) is 0 Å². The molecule has 0 spiro atoms. The lowest BCUT2D eigenvalue weighted by Crippen LogP contribution is -2.35. The predicted molar refractivity (Wildman–Crippen MR) is 105 cm³/mol. The summed E-state index contributed by atoms with van der Waals surface area (Å²) in [4.78, 5) is 6.56. The molecule has 4 rings (SSSR count). The normalized spacial score (nSPS) is 15.9. The number of benzene rings is 1. The number of hydrogen-bond donors (Lipinski definition) is 0. The molecule has 1 fully saturated rings. The molecule has 0 unspecified atom stereocenters. The van der Waals surface area contributed by atoms with Crippen molar-refractivity contribution in [3.05, 3.63) is 54.4 Å². The van der Waals surface area contributed by atoms with Crippen LogP contribution in [0.1, 0.15) is 25.0 Å². The maximum Gasteiger partial charge on any atom is 0.244 e. The second kappa shape index (κ2) is 7.32. The molecule has 27 heavy (non-hydrogen) atoms. The number of sulfonamides is 1. The Morgan fingerprint density at radius 3 is 2.59 bits per heavy atom. The molecule has 7 heteroatoms. The number of nitrogens with zero attached hydrogens (tertiary/aromatic N) is 3. The second-order valence-electron chi connectivity index (χ2n) is 6.92. The molecule has 0 radical (unpaired) electrons. The van der Waals surface area contributed by atoms with Crippen molar-refractivity contribution in [1.82, 2.24) is 9.29 Å². The molecule has 0 bridgehead atoms. The highest BCUT2D eigenvalue weighted by molar-refractivity contribution is 7.89. The van der Waals surface area contributed by atoms with Gasteiger partial charge in [0, 0.05) is 31.7 Å². The van der Waals surface area contributed by atoms with E-state index in [4.69, 9.17) is 4.42 Å². The van der Waals surface area contributed by atoms with Crippen LogP contribution < -0.4 is 4.90 Å². The molecular weight excluding hydrogens is 362 g/mol. The fourth-order valence-corrected chi connectivity index (χ4v) is 4.90. The molecule has 0 saturated carbocycles. The second-order valence-corrected chi connectivity index (χ2v) is 8.86. The van der Waals surface area contributed by atoms with Crippen LogP contribution in [0.25, 0.3) is 11.0 Å². The van der Waals surface area contributed by atoms with Crippen molar-refractivity contribution in [2.75, 3.05) is 25.0 Å². The zero-order valence-corrected chi connectivity index (χ0v) is 16.2. The number of aromatic nitrogens is 1. The Bertz CT molecular complexity index is 989. The molecule has 142 valence electrons. The van der Waals surface area contributed by atoms with Gasteiger partial charge in [0.15, 0.2) is 0 Å². The minimum Gasteiger partial charge on any atom is -0.459 e. The summed E-state index contributed by atoms with van der Waals surface area (Å²) in [5, 5.41) is 1.07. The smallest absolute Gasteiger partial charge is 0.244 e. The zero-order chi connectivity index (χ0) is 18.9. The van der Waals surface area contributed by atoms with Gasteiger partial charge in [0.25, 0.3) is 0 Å². The number of anilines is 1. The summed E-state index contributed by atoms with van der Waals surface area (Å²) >= 11 is 0. The van der Waals surface area contributed by atoms with Crippen LogP contribution in [0.5, 0.6) is 0 Å². The molecule has 1 aliphatic rings. The van der Waals surface area contributed by atoms with Gasteiger partial charge in [-0.3, -0.25) is 0 Å². The Hall–Kier alpha value is -2.38. The van der Waals surface area contributed by atoms with Crippen LogP contribution in [0, 0.1) is 0 Å². The number of fused-ring (bicyclic) bond motifs is 1. The quantitative estimate of drug-likeness (QED) is 0.671. The molecule has 3 aromatic rings. The van der Waals surface area contributed by atoms with E-state index in [1.54, 1.807) is 16.4 Å². The van der Waals surface area contributed by atoms with Crippen LogP contribution in [0.2, 0.25) is 0 Å². The first-order chi connectivity index (χ1) is 13.0. The van der Waals surface area contributed by atoms with Gasteiger partial charge >= 0.3 is 0 Å². The number of hydrogen-bond acceptors (Lipinski definition) is 5. The first-order valence-electron chi connectivity index (χ1n) is 9.19. The van der Waals surface area contributed by atoms with Crippen molar-refractivity contribution in [1.29, 1.82) is 0 Å². The minimum atomic E-state index is -3.45. The van der Waals surface area contributed by atoms with Gasteiger partial charge in [0.1, 0.15) is 22.1 Å². The summed E-state index contributed by atoms with van der Waals surface area (Å²) in [5.41, 5.74) is 0.858. The summed E-state index contributed by atoms with van der Waals surface area (Å²) in [6, 6.07) is 13.3. The SMILES string of the molecule is CN(Cc1cc2ccccc2o1)c1ccc(S(=O)(=O)N2CCCCC2)cn1. The molecule has 0 amide bonds. The molecule has 0 aliphatic carbocycles. The van der Waals surface area contributed by atoms with Crippen molar-refractivity contribution in [2.24, 2.45) is 0 Å². The van der Waals surface area contributed by atoms with Gasteiger partial charge in [0.05, 0.1) is 6.54 Å². The van der Waals surface area contributed by atoms with Crippen LogP contribution in [0.3, 0.4) is 0 Å². The number of furan rings is 1. The average Bonchev–Trinajstić information content (AvgIpc) is 3.11. The molecule has 1 aliphatic heterocycles. The Balaban J connectivity index is 1.49. The molecule has 1 aromatic carbocycles. The van der Waals surface area contributed by atoms with E-state index < -0.39 is 10.0 Å². The van der Waals surface area contributed by atoms with E-state index in [-0.39, 0.29) is 4.90 Å². The van der Waals surface area contributed by atoms with E-state index in [0.29, 0.717) is 25.5 Å². The van der Waals surface area contributed by atoms with Gasteiger partial charge in [-0.25, -0.2) is 13.4 Å². The maximum atomic E-state index is 12.7. The van der Waals surface area contributed by atoms with Gasteiger partial charge in [-0.05, 0) is 37.1 Å². The molecular formula is C20H23N3O3S. The highest BCUT2D eigenvalue weighted by Crippen LogP contribution is 2.23. The van der Waals surface area contributed by atoms with Crippen LogP contribution in [0.4, 0.5) is 5.82 Å². The predicted octanol–water partition coefficient (Wildman–Crippen LogP) is 3.64. The highest BCUT2D eigenvalue weighted by Gasteiger charge is 2.26. The highest BCUT2D eigenvalue weighted by atomic mass is 32.2. The Labute approximate surface area is 159 Å². The molecule has 3 heterocycles. The Morgan fingerprint density at radius 1 is 1.11 bits per heavy atom. The monoisotopic (exact) mass is 385 g/mol. The summed E-state index contributed by atoms with van der Waals surface area (Å²) in [5.74, 6) is 1.54. The van der Waals surface area contributed by atoms with E-state index in [0.717, 1.165) is 36.0 Å². The minimum absolute atomic E-state index is 0.255. The fraction of sp³-hybridized carbons (Fsp3) is 0.350.